The molecule has 1 amide bonds. The van der Waals surface area contributed by atoms with Crippen LogP contribution in [0.2, 0.25) is 0 Å². The molecule has 1 heterocycles. The van der Waals surface area contributed by atoms with Crippen molar-refractivity contribution in [2.75, 3.05) is 24.6 Å². The third-order valence-corrected chi connectivity index (χ3v) is 3.15. The van der Waals surface area contributed by atoms with E-state index in [9.17, 15) is 4.79 Å². The van der Waals surface area contributed by atoms with Gasteiger partial charge in [0.2, 0.25) is 5.91 Å². The predicted octanol–water partition coefficient (Wildman–Crippen LogP) is 0.774. The zero-order valence-electron chi connectivity index (χ0n) is 8.64. The van der Waals surface area contributed by atoms with Crippen LogP contribution < -0.4 is 10.6 Å². The number of thioether (sulfide) groups is 1. The second-order valence-corrected chi connectivity index (χ2v) is 4.81. The monoisotopic (exact) mass is 214 g/mol. The zero-order chi connectivity index (χ0) is 10.4. The summed E-state index contributed by atoms with van der Waals surface area (Å²) in [7, 11) is 0. The van der Waals surface area contributed by atoms with E-state index in [1.165, 1.54) is 0 Å². The lowest BCUT2D eigenvalue weighted by Gasteiger charge is -2.22. The van der Waals surface area contributed by atoms with Gasteiger partial charge in [0.15, 0.2) is 0 Å². The van der Waals surface area contributed by atoms with Crippen LogP contribution in [0.3, 0.4) is 0 Å². The maximum Gasteiger partial charge on any atom is 0.221 e. The van der Waals surface area contributed by atoms with Gasteiger partial charge >= 0.3 is 0 Å². The van der Waals surface area contributed by atoms with Gasteiger partial charge in [-0.2, -0.15) is 11.8 Å². The fraction of sp³-hybridized carbons (Fsp3) is 0.700. The lowest BCUT2D eigenvalue weighted by Crippen LogP contribution is -2.41. The van der Waals surface area contributed by atoms with Crippen LogP contribution in [0.25, 0.3) is 0 Å². The van der Waals surface area contributed by atoms with Crippen LogP contribution in [0.1, 0.15) is 13.3 Å². The first-order chi connectivity index (χ1) is 6.68. The number of amides is 1. The quantitative estimate of drug-likeness (QED) is 0.679. The van der Waals surface area contributed by atoms with Crippen molar-refractivity contribution in [3.63, 3.8) is 0 Å². The van der Waals surface area contributed by atoms with Gasteiger partial charge in [-0.25, -0.2) is 0 Å². The van der Waals surface area contributed by atoms with Crippen LogP contribution in [0.4, 0.5) is 0 Å². The first-order valence-corrected chi connectivity index (χ1v) is 6.06. The van der Waals surface area contributed by atoms with Gasteiger partial charge in [-0.3, -0.25) is 4.79 Å². The molecule has 1 aliphatic rings. The Balaban J connectivity index is 2.15. The first kappa shape index (κ1) is 11.6. The maximum atomic E-state index is 11.4. The number of hydrogen-bond donors (Lipinski definition) is 2. The van der Waals surface area contributed by atoms with Gasteiger partial charge in [-0.1, -0.05) is 12.2 Å². The number of hydrogen-bond acceptors (Lipinski definition) is 3. The molecule has 0 saturated carbocycles. The van der Waals surface area contributed by atoms with Crippen LogP contribution in [0, 0.1) is 0 Å². The minimum absolute atomic E-state index is 0.119. The number of rotatable bonds is 4. The smallest absolute Gasteiger partial charge is 0.221 e. The van der Waals surface area contributed by atoms with E-state index in [2.05, 4.69) is 17.2 Å². The summed E-state index contributed by atoms with van der Waals surface area (Å²) >= 11 is 1.91. The van der Waals surface area contributed by atoms with E-state index in [0.717, 1.165) is 23.6 Å². The maximum absolute atomic E-state index is 11.4. The molecule has 0 bridgehead atoms. The lowest BCUT2D eigenvalue weighted by molar-refractivity contribution is -0.121. The van der Waals surface area contributed by atoms with Crippen LogP contribution in [-0.2, 0) is 4.79 Å². The standard InChI is InChI=1S/C10H18N2OS/c1-8(2)6-12-10(13)5-9-7-14-4-3-11-9/h9,11H,1,3-7H2,2H3,(H,12,13). The first-order valence-electron chi connectivity index (χ1n) is 4.90. The Hall–Kier alpha value is -0.480. The van der Waals surface area contributed by atoms with Gasteiger partial charge in [-0.15, -0.1) is 0 Å². The van der Waals surface area contributed by atoms with Gasteiger partial charge in [0, 0.05) is 37.1 Å². The van der Waals surface area contributed by atoms with Crippen LogP contribution >= 0.6 is 11.8 Å². The number of nitrogens with one attached hydrogen (secondary N) is 2. The largest absolute Gasteiger partial charge is 0.352 e. The Bertz CT molecular complexity index is 212. The highest BCUT2D eigenvalue weighted by Gasteiger charge is 2.15. The Morgan fingerprint density at radius 3 is 3.07 bits per heavy atom. The minimum Gasteiger partial charge on any atom is -0.352 e. The van der Waals surface area contributed by atoms with E-state index in [1.807, 2.05) is 18.7 Å². The average Bonchev–Trinajstić information content (AvgIpc) is 2.16. The summed E-state index contributed by atoms with van der Waals surface area (Å²) in [5.74, 6) is 2.32. The van der Waals surface area contributed by atoms with Crippen molar-refractivity contribution >= 4 is 17.7 Å². The Kier molecular flexibility index (Phi) is 5.04. The topological polar surface area (TPSA) is 41.1 Å². The molecule has 3 nitrogen and oxygen atoms in total. The van der Waals surface area contributed by atoms with Crippen molar-refractivity contribution in [1.29, 1.82) is 0 Å². The van der Waals surface area contributed by atoms with Crippen molar-refractivity contribution in [2.24, 2.45) is 0 Å². The van der Waals surface area contributed by atoms with E-state index >= 15 is 0 Å². The van der Waals surface area contributed by atoms with E-state index in [-0.39, 0.29) is 5.91 Å². The fourth-order valence-corrected chi connectivity index (χ4v) is 2.25. The molecule has 1 saturated heterocycles. The third-order valence-electron chi connectivity index (χ3n) is 2.02. The highest BCUT2D eigenvalue weighted by Crippen LogP contribution is 2.09. The summed E-state index contributed by atoms with van der Waals surface area (Å²) in [6.07, 6.45) is 0.584. The normalized spacial score (nSPS) is 21.6. The van der Waals surface area contributed by atoms with Gasteiger partial charge < -0.3 is 10.6 Å². The molecule has 2 N–H and O–H groups in total. The highest BCUT2D eigenvalue weighted by atomic mass is 32.2. The molecule has 1 atom stereocenters. The third kappa shape index (κ3) is 4.67. The molecule has 0 aliphatic carbocycles. The van der Waals surface area contributed by atoms with Crippen molar-refractivity contribution in [3.05, 3.63) is 12.2 Å². The zero-order valence-corrected chi connectivity index (χ0v) is 9.45. The molecule has 1 aliphatic heterocycles. The minimum atomic E-state index is 0.119. The van der Waals surface area contributed by atoms with Crippen molar-refractivity contribution in [1.82, 2.24) is 10.6 Å². The molecule has 0 aromatic rings. The Morgan fingerprint density at radius 2 is 2.50 bits per heavy atom. The Labute approximate surface area is 89.7 Å². The highest BCUT2D eigenvalue weighted by molar-refractivity contribution is 7.99. The molecule has 0 spiro atoms. The van der Waals surface area contributed by atoms with Crippen LogP contribution in [0.5, 0.6) is 0 Å². The molecule has 80 valence electrons. The molecule has 1 unspecified atom stereocenters. The van der Waals surface area contributed by atoms with E-state index in [4.69, 9.17) is 0 Å². The molecular formula is C10H18N2OS. The molecule has 1 fully saturated rings. The van der Waals surface area contributed by atoms with E-state index in [0.29, 0.717) is 19.0 Å². The van der Waals surface area contributed by atoms with Crippen LogP contribution in [-0.4, -0.2) is 36.5 Å². The van der Waals surface area contributed by atoms with Gasteiger partial charge in [0.25, 0.3) is 0 Å². The van der Waals surface area contributed by atoms with Gasteiger partial charge in [0.05, 0.1) is 0 Å². The summed E-state index contributed by atoms with van der Waals surface area (Å²) in [4.78, 5) is 11.4. The van der Waals surface area contributed by atoms with Crippen molar-refractivity contribution in [3.8, 4) is 0 Å². The number of carbonyl (C=O) groups excluding carboxylic acids is 1. The predicted molar refractivity (Wildman–Crippen MR) is 61.6 cm³/mol. The molecule has 1 rings (SSSR count). The van der Waals surface area contributed by atoms with Crippen molar-refractivity contribution < 1.29 is 4.79 Å². The SMILES string of the molecule is C=C(C)CNC(=O)CC1CSCCN1. The second kappa shape index (κ2) is 6.09. The second-order valence-electron chi connectivity index (χ2n) is 3.66. The molecule has 4 heteroatoms. The molecule has 0 radical (unpaired) electrons. The van der Waals surface area contributed by atoms with Crippen LogP contribution in [0.15, 0.2) is 12.2 Å². The molecule has 0 aromatic heterocycles. The lowest BCUT2D eigenvalue weighted by atomic mass is 10.2. The summed E-state index contributed by atoms with van der Waals surface area (Å²) in [6.45, 7) is 7.26. The van der Waals surface area contributed by atoms with E-state index in [1.54, 1.807) is 0 Å². The molecular weight excluding hydrogens is 196 g/mol. The summed E-state index contributed by atoms with van der Waals surface area (Å²) in [5.41, 5.74) is 0.990. The molecule has 0 aromatic carbocycles. The van der Waals surface area contributed by atoms with E-state index < -0.39 is 0 Å². The summed E-state index contributed by atoms with van der Waals surface area (Å²) in [5, 5.41) is 6.18. The van der Waals surface area contributed by atoms with Gasteiger partial charge in [-0.05, 0) is 6.92 Å². The summed E-state index contributed by atoms with van der Waals surface area (Å²) < 4.78 is 0. The summed E-state index contributed by atoms with van der Waals surface area (Å²) in [6, 6.07) is 0.346. The van der Waals surface area contributed by atoms with Gasteiger partial charge in [0.1, 0.15) is 0 Å². The molecule has 14 heavy (non-hydrogen) atoms. The average molecular weight is 214 g/mol. The van der Waals surface area contributed by atoms with Crippen molar-refractivity contribution in [2.45, 2.75) is 19.4 Å². The Morgan fingerprint density at radius 1 is 1.71 bits per heavy atom. The fourth-order valence-electron chi connectivity index (χ4n) is 1.30. The number of carbonyl (C=O) groups is 1.